The normalized spacial score (nSPS) is 11.3. The van der Waals surface area contributed by atoms with Crippen molar-refractivity contribution in [2.45, 2.75) is 18.7 Å². The summed E-state index contributed by atoms with van der Waals surface area (Å²) in [7, 11) is 4.03. The van der Waals surface area contributed by atoms with Crippen LogP contribution in [0.15, 0.2) is 41.3 Å². The van der Waals surface area contributed by atoms with Crippen molar-refractivity contribution in [1.82, 2.24) is 9.88 Å². The summed E-state index contributed by atoms with van der Waals surface area (Å²) in [6.07, 6.45) is 2.07. The van der Waals surface area contributed by atoms with Gasteiger partial charge in [-0.05, 0) is 64.0 Å². The minimum atomic E-state index is 0.0125. The molecule has 0 spiro atoms. The van der Waals surface area contributed by atoms with Crippen molar-refractivity contribution in [3.8, 4) is 0 Å². The number of fused-ring (bicyclic) bond motifs is 1. The molecule has 0 aliphatic carbocycles. The topological polar surface area (TPSA) is 36.4 Å². The fourth-order valence-electron chi connectivity index (χ4n) is 2.92. The highest BCUT2D eigenvalue weighted by Crippen LogP contribution is 2.32. The van der Waals surface area contributed by atoms with E-state index in [0.717, 1.165) is 38.6 Å². The van der Waals surface area contributed by atoms with E-state index in [1.165, 1.54) is 4.90 Å². The van der Waals surface area contributed by atoms with E-state index in [-0.39, 0.29) is 5.91 Å². The molecule has 0 radical (unpaired) electrons. The van der Waals surface area contributed by atoms with E-state index in [2.05, 4.69) is 29.4 Å². The van der Waals surface area contributed by atoms with Gasteiger partial charge in [-0.15, -0.1) is 11.8 Å². The number of thiazole rings is 1. The monoisotopic (exact) mass is 399 g/mol. The van der Waals surface area contributed by atoms with Crippen molar-refractivity contribution in [1.29, 1.82) is 0 Å². The summed E-state index contributed by atoms with van der Waals surface area (Å²) >= 11 is 3.29. The molecule has 0 bridgehead atoms. The van der Waals surface area contributed by atoms with E-state index >= 15 is 0 Å². The van der Waals surface area contributed by atoms with Gasteiger partial charge in [-0.3, -0.25) is 9.69 Å². The lowest BCUT2D eigenvalue weighted by molar-refractivity contribution is 0.0984. The lowest BCUT2D eigenvalue weighted by Gasteiger charge is -2.22. The molecule has 0 atom stereocenters. The molecule has 27 heavy (non-hydrogen) atoms. The average Bonchev–Trinajstić information content (AvgIpc) is 3.04. The Morgan fingerprint density at radius 2 is 1.89 bits per heavy atom. The molecule has 0 aliphatic rings. The highest BCUT2D eigenvalue weighted by atomic mass is 32.2. The number of aryl methyl sites for hydroxylation is 2. The Labute approximate surface area is 169 Å². The van der Waals surface area contributed by atoms with Crippen molar-refractivity contribution in [3.63, 3.8) is 0 Å². The van der Waals surface area contributed by atoms with Gasteiger partial charge in [-0.25, -0.2) is 4.98 Å². The van der Waals surface area contributed by atoms with E-state index in [1.807, 2.05) is 51.0 Å². The number of carbonyl (C=O) groups is 1. The third kappa shape index (κ3) is 4.51. The van der Waals surface area contributed by atoms with Gasteiger partial charge >= 0.3 is 0 Å². The van der Waals surface area contributed by atoms with Crippen LogP contribution in [-0.4, -0.2) is 49.2 Å². The number of hydrogen-bond acceptors (Lipinski definition) is 5. The largest absolute Gasteiger partial charge is 0.308 e. The molecule has 0 N–H and O–H groups in total. The molecule has 3 aromatic rings. The van der Waals surface area contributed by atoms with Gasteiger partial charge < -0.3 is 4.90 Å². The maximum Gasteiger partial charge on any atom is 0.260 e. The summed E-state index contributed by atoms with van der Waals surface area (Å²) in [6.45, 7) is 5.42. The van der Waals surface area contributed by atoms with Crippen LogP contribution in [0.2, 0.25) is 0 Å². The molecule has 0 aliphatic heterocycles. The Hall–Kier alpha value is -1.89. The fraction of sp³-hybridized carbons (Fsp3) is 0.333. The second-order valence-corrected chi connectivity index (χ2v) is 8.80. The number of carbonyl (C=O) groups excluding carboxylic acids is 1. The molecule has 3 rings (SSSR count). The van der Waals surface area contributed by atoms with Crippen molar-refractivity contribution in [2.24, 2.45) is 0 Å². The highest BCUT2D eigenvalue weighted by molar-refractivity contribution is 7.98. The molecule has 4 nitrogen and oxygen atoms in total. The number of aromatic nitrogens is 1. The number of benzene rings is 2. The molecule has 1 aromatic heterocycles. The summed E-state index contributed by atoms with van der Waals surface area (Å²) in [5.41, 5.74) is 3.84. The highest BCUT2D eigenvalue weighted by Gasteiger charge is 2.22. The van der Waals surface area contributed by atoms with Gasteiger partial charge in [0.2, 0.25) is 0 Å². The molecule has 6 heteroatoms. The van der Waals surface area contributed by atoms with Crippen LogP contribution in [0.25, 0.3) is 10.2 Å². The van der Waals surface area contributed by atoms with Crippen molar-refractivity contribution >= 4 is 44.4 Å². The van der Waals surface area contributed by atoms with Gasteiger partial charge in [-0.1, -0.05) is 29.0 Å². The lowest BCUT2D eigenvalue weighted by atomic mass is 10.0. The maximum atomic E-state index is 13.4. The Morgan fingerprint density at radius 1 is 1.11 bits per heavy atom. The molecule has 0 saturated heterocycles. The summed E-state index contributed by atoms with van der Waals surface area (Å²) in [5, 5.41) is 0.759. The predicted octanol–water partition coefficient (Wildman–Crippen LogP) is 4.84. The average molecular weight is 400 g/mol. The van der Waals surface area contributed by atoms with Crippen LogP contribution in [0.5, 0.6) is 0 Å². The SMILES string of the molecule is CSc1ccc2nc(N(CCN(C)C)C(=O)c3ccc(C)cc3C)sc2c1. The van der Waals surface area contributed by atoms with Gasteiger partial charge in [0, 0.05) is 23.5 Å². The smallest absolute Gasteiger partial charge is 0.260 e. The van der Waals surface area contributed by atoms with Crippen LogP contribution >= 0.6 is 23.1 Å². The zero-order valence-electron chi connectivity index (χ0n) is 16.4. The van der Waals surface area contributed by atoms with Crippen LogP contribution in [0.1, 0.15) is 21.5 Å². The number of likely N-dealkylation sites (N-methyl/N-ethyl adjacent to an activating group) is 1. The number of thioether (sulfide) groups is 1. The van der Waals surface area contributed by atoms with Crippen LogP contribution in [-0.2, 0) is 0 Å². The van der Waals surface area contributed by atoms with Gasteiger partial charge in [0.25, 0.3) is 5.91 Å². The summed E-state index contributed by atoms with van der Waals surface area (Å²) in [5.74, 6) is 0.0125. The second kappa shape index (κ2) is 8.42. The van der Waals surface area contributed by atoms with Crippen molar-refractivity contribution in [3.05, 3.63) is 53.1 Å². The van der Waals surface area contributed by atoms with Crippen molar-refractivity contribution in [2.75, 3.05) is 38.3 Å². The van der Waals surface area contributed by atoms with Crippen molar-refractivity contribution < 1.29 is 4.79 Å². The number of hydrogen-bond donors (Lipinski definition) is 0. The first-order chi connectivity index (χ1) is 12.9. The summed E-state index contributed by atoms with van der Waals surface area (Å²) < 4.78 is 1.11. The van der Waals surface area contributed by atoms with Crippen LogP contribution in [0, 0.1) is 13.8 Å². The minimum absolute atomic E-state index is 0.0125. The maximum absolute atomic E-state index is 13.4. The zero-order valence-corrected chi connectivity index (χ0v) is 18.1. The van der Waals surface area contributed by atoms with E-state index in [4.69, 9.17) is 4.98 Å². The Kier molecular flexibility index (Phi) is 6.19. The van der Waals surface area contributed by atoms with Crippen LogP contribution in [0.4, 0.5) is 5.13 Å². The van der Waals surface area contributed by atoms with Crippen LogP contribution < -0.4 is 4.90 Å². The zero-order chi connectivity index (χ0) is 19.6. The number of rotatable bonds is 6. The number of nitrogens with zero attached hydrogens (tertiary/aromatic N) is 3. The minimum Gasteiger partial charge on any atom is -0.308 e. The fourth-order valence-corrected chi connectivity index (χ4v) is 4.46. The first-order valence-corrected chi connectivity index (χ1v) is 10.9. The Morgan fingerprint density at radius 3 is 2.56 bits per heavy atom. The summed E-state index contributed by atoms with van der Waals surface area (Å²) in [6, 6.07) is 12.2. The van der Waals surface area contributed by atoms with E-state index in [1.54, 1.807) is 23.1 Å². The Balaban J connectivity index is 2.01. The molecule has 0 saturated carbocycles. The quantitative estimate of drug-likeness (QED) is 0.556. The van der Waals surface area contributed by atoms with Gasteiger partial charge in [0.1, 0.15) is 0 Å². The first-order valence-electron chi connectivity index (χ1n) is 8.87. The Bertz CT molecular complexity index is 965. The molecule has 1 amide bonds. The van der Waals surface area contributed by atoms with Gasteiger partial charge in [0.15, 0.2) is 5.13 Å². The second-order valence-electron chi connectivity index (χ2n) is 6.91. The number of anilines is 1. The molecule has 1 heterocycles. The van der Waals surface area contributed by atoms with E-state index in [0.29, 0.717) is 6.54 Å². The molecular weight excluding hydrogens is 374 g/mol. The van der Waals surface area contributed by atoms with Crippen LogP contribution in [0.3, 0.4) is 0 Å². The molecule has 0 fully saturated rings. The molecule has 0 unspecified atom stereocenters. The number of amides is 1. The standard InChI is InChI=1S/C21H25N3OS2/c1-14-6-8-17(15(2)12-14)20(25)24(11-10-23(3)4)21-22-18-9-7-16(26-5)13-19(18)27-21/h6-9,12-13H,10-11H2,1-5H3. The van der Waals surface area contributed by atoms with E-state index in [9.17, 15) is 4.79 Å². The van der Waals surface area contributed by atoms with E-state index < -0.39 is 0 Å². The molecule has 2 aromatic carbocycles. The molecule has 142 valence electrons. The lowest BCUT2D eigenvalue weighted by Crippen LogP contribution is -2.37. The third-order valence-corrected chi connectivity index (χ3v) is 6.21. The first kappa shape index (κ1) is 19.9. The van der Waals surface area contributed by atoms with Gasteiger partial charge in [-0.2, -0.15) is 0 Å². The molecular formula is C21H25N3OS2. The van der Waals surface area contributed by atoms with Gasteiger partial charge in [0.05, 0.1) is 10.2 Å². The predicted molar refractivity (Wildman–Crippen MR) is 118 cm³/mol. The summed E-state index contributed by atoms with van der Waals surface area (Å²) in [4.78, 5) is 23.2. The third-order valence-electron chi connectivity index (χ3n) is 4.44.